The van der Waals surface area contributed by atoms with Gasteiger partial charge in [0.25, 0.3) is 0 Å². The number of ketones is 1. The van der Waals surface area contributed by atoms with Gasteiger partial charge in [-0.3, -0.25) is 14.6 Å². The topological polar surface area (TPSA) is 55.7 Å². The average molecular weight is 484 g/mol. The maximum atomic E-state index is 13.4. The molecule has 172 valence electrons. The summed E-state index contributed by atoms with van der Waals surface area (Å²) < 4.78 is 5.70. The van der Waals surface area contributed by atoms with Gasteiger partial charge in [-0.05, 0) is 36.0 Å². The van der Waals surface area contributed by atoms with Crippen molar-refractivity contribution in [3.05, 3.63) is 81.0 Å². The minimum atomic E-state index is -0.736. The Morgan fingerprint density at radius 1 is 1.09 bits per heavy atom. The van der Waals surface area contributed by atoms with Crippen molar-refractivity contribution >= 4 is 40.7 Å². The van der Waals surface area contributed by atoms with Crippen molar-refractivity contribution in [3.63, 3.8) is 0 Å². The van der Waals surface area contributed by atoms with Crippen LogP contribution in [0.5, 0.6) is 0 Å². The molecule has 0 spiro atoms. The van der Waals surface area contributed by atoms with Crippen molar-refractivity contribution in [2.75, 3.05) is 6.61 Å². The van der Waals surface area contributed by atoms with Crippen LogP contribution in [0.2, 0.25) is 10.0 Å². The van der Waals surface area contributed by atoms with E-state index in [1.54, 1.807) is 12.1 Å². The molecule has 0 bridgehead atoms. The fourth-order valence-corrected chi connectivity index (χ4v) is 5.28. The number of allylic oxidation sites excluding steroid dienone is 2. The second kappa shape index (κ2) is 9.44. The van der Waals surface area contributed by atoms with E-state index in [1.807, 2.05) is 43.3 Å². The summed E-state index contributed by atoms with van der Waals surface area (Å²) in [4.78, 5) is 31.5. The molecule has 1 aliphatic carbocycles. The SMILES string of the molecule is CC1=NC2=C(C(=O)CC(C)(C)C2)[C@H](c2cccc(Cl)c2Cl)C1C(=O)OCCc1ccccc1. The predicted molar refractivity (Wildman–Crippen MR) is 132 cm³/mol. The lowest BCUT2D eigenvalue weighted by molar-refractivity contribution is -0.146. The number of hydrogen-bond donors (Lipinski definition) is 0. The third-order valence-corrected chi connectivity index (χ3v) is 7.18. The van der Waals surface area contributed by atoms with E-state index in [9.17, 15) is 9.59 Å². The number of ether oxygens (including phenoxy) is 1. The molecule has 0 N–H and O–H groups in total. The molecule has 2 aromatic carbocycles. The van der Waals surface area contributed by atoms with Crippen molar-refractivity contribution in [1.29, 1.82) is 0 Å². The van der Waals surface area contributed by atoms with Gasteiger partial charge in [-0.15, -0.1) is 0 Å². The molecule has 4 rings (SSSR count). The van der Waals surface area contributed by atoms with Crippen molar-refractivity contribution in [3.8, 4) is 0 Å². The molecular weight excluding hydrogens is 457 g/mol. The van der Waals surface area contributed by atoms with E-state index in [4.69, 9.17) is 32.9 Å². The number of nitrogens with zero attached hydrogens (tertiary/aromatic N) is 1. The molecule has 1 unspecified atom stereocenters. The highest BCUT2D eigenvalue weighted by atomic mass is 35.5. The van der Waals surface area contributed by atoms with Gasteiger partial charge in [-0.25, -0.2) is 0 Å². The molecule has 2 atom stereocenters. The molecule has 0 radical (unpaired) electrons. The van der Waals surface area contributed by atoms with Gasteiger partial charge >= 0.3 is 5.97 Å². The van der Waals surface area contributed by atoms with Gasteiger partial charge in [0.15, 0.2) is 5.78 Å². The first kappa shape index (κ1) is 23.7. The third kappa shape index (κ3) is 4.92. The van der Waals surface area contributed by atoms with Gasteiger partial charge in [0.1, 0.15) is 5.92 Å². The van der Waals surface area contributed by atoms with Crippen LogP contribution >= 0.6 is 23.2 Å². The third-order valence-electron chi connectivity index (χ3n) is 6.35. The summed E-state index contributed by atoms with van der Waals surface area (Å²) >= 11 is 12.9. The first-order valence-corrected chi connectivity index (χ1v) is 11.9. The van der Waals surface area contributed by atoms with Crippen molar-refractivity contribution in [2.45, 2.75) is 46.0 Å². The fraction of sp³-hybridized carbons (Fsp3) is 0.370. The smallest absolute Gasteiger partial charge is 0.315 e. The van der Waals surface area contributed by atoms with Crippen LogP contribution in [0.25, 0.3) is 0 Å². The quantitative estimate of drug-likeness (QED) is 0.450. The standard InChI is InChI=1S/C27H27Cl2NO3/c1-16-22(26(32)33-13-12-17-8-5-4-6-9-17)23(18-10-7-11-19(28)25(18)29)24-20(30-16)14-27(2,3)15-21(24)31/h4-11,22-23H,12-15H2,1-3H3/t22?,23-/m1/s1. The fourth-order valence-electron chi connectivity index (χ4n) is 4.85. The molecule has 0 saturated heterocycles. The van der Waals surface area contributed by atoms with Gasteiger partial charge in [-0.1, -0.05) is 79.5 Å². The first-order chi connectivity index (χ1) is 15.7. The Morgan fingerprint density at radius 3 is 2.55 bits per heavy atom. The zero-order valence-corrected chi connectivity index (χ0v) is 20.5. The van der Waals surface area contributed by atoms with E-state index in [1.165, 1.54) is 0 Å². The average Bonchev–Trinajstić information content (AvgIpc) is 2.74. The Kier molecular flexibility index (Phi) is 6.78. The molecule has 1 aliphatic heterocycles. The van der Waals surface area contributed by atoms with E-state index in [0.717, 1.165) is 11.3 Å². The molecule has 2 aromatic rings. The van der Waals surface area contributed by atoms with Gasteiger partial charge in [0.05, 0.1) is 16.7 Å². The van der Waals surface area contributed by atoms with Crippen molar-refractivity contribution in [2.24, 2.45) is 16.3 Å². The Labute approximate surface area is 204 Å². The van der Waals surface area contributed by atoms with Crippen LogP contribution in [0, 0.1) is 11.3 Å². The number of rotatable bonds is 5. The molecule has 1 heterocycles. The monoisotopic (exact) mass is 483 g/mol. The van der Waals surface area contributed by atoms with Crippen LogP contribution in [0.1, 0.15) is 50.7 Å². The minimum absolute atomic E-state index is 0.000581. The number of benzene rings is 2. The number of carbonyl (C=O) groups is 2. The molecule has 0 saturated carbocycles. The molecule has 0 fully saturated rings. The summed E-state index contributed by atoms with van der Waals surface area (Å²) in [5.41, 5.74) is 3.49. The normalized spacial score (nSPS) is 22.0. The van der Waals surface area contributed by atoms with E-state index in [2.05, 4.69) is 13.8 Å². The van der Waals surface area contributed by atoms with Crippen LogP contribution in [-0.2, 0) is 20.7 Å². The predicted octanol–water partition coefficient (Wildman–Crippen LogP) is 6.60. The van der Waals surface area contributed by atoms with Gasteiger partial charge < -0.3 is 4.74 Å². The summed E-state index contributed by atoms with van der Waals surface area (Å²) in [5.74, 6) is -1.71. The van der Waals surface area contributed by atoms with Crippen LogP contribution < -0.4 is 0 Å². The molecular formula is C27H27Cl2NO3. The summed E-state index contributed by atoms with van der Waals surface area (Å²) in [7, 11) is 0. The number of hydrogen-bond acceptors (Lipinski definition) is 4. The first-order valence-electron chi connectivity index (χ1n) is 11.1. The number of Topliss-reactive ketones (excluding diaryl/α,β-unsaturated/α-hetero) is 1. The van der Waals surface area contributed by atoms with E-state index < -0.39 is 17.8 Å². The van der Waals surface area contributed by atoms with Gasteiger partial charge in [0, 0.05) is 35.7 Å². The van der Waals surface area contributed by atoms with E-state index >= 15 is 0 Å². The second-order valence-electron chi connectivity index (χ2n) is 9.56. The zero-order chi connectivity index (χ0) is 23.8. The maximum Gasteiger partial charge on any atom is 0.315 e. The highest BCUT2D eigenvalue weighted by Crippen LogP contribution is 2.49. The van der Waals surface area contributed by atoms with E-state index in [0.29, 0.717) is 46.2 Å². The van der Waals surface area contributed by atoms with Crippen molar-refractivity contribution < 1.29 is 14.3 Å². The zero-order valence-electron chi connectivity index (χ0n) is 19.0. The largest absolute Gasteiger partial charge is 0.465 e. The number of aliphatic imine (C=N–C) groups is 1. The summed E-state index contributed by atoms with van der Waals surface area (Å²) in [6.07, 6.45) is 1.67. The second-order valence-corrected chi connectivity index (χ2v) is 10.3. The Hall–Kier alpha value is -2.43. The molecule has 33 heavy (non-hydrogen) atoms. The lowest BCUT2D eigenvalue weighted by Crippen LogP contribution is -2.39. The molecule has 0 amide bonds. The number of halogens is 2. The lowest BCUT2D eigenvalue weighted by atomic mass is 9.67. The van der Waals surface area contributed by atoms with Crippen LogP contribution in [-0.4, -0.2) is 24.1 Å². The Bertz CT molecular complexity index is 1150. The summed E-state index contributed by atoms with van der Waals surface area (Å²) in [6.45, 7) is 6.19. The van der Waals surface area contributed by atoms with Crippen LogP contribution in [0.15, 0.2) is 64.8 Å². The molecule has 6 heteroatoms. The minimum Gasteiger partial charge on any atom is -0.465 e. The van der Waals surface area contributed by atoms with Crippen LogP contribution in [0.3, 0.4) is 0 Å². The molecule has 0 aromatic heterocycles. The molecule has 4 nitrogen and oxygen atoms in total. The number of esters is 1. The highest BCUT2D eigenvalue weighted by Gasteiger charge is 2.46. The summed E-state index contributed by atoms with van der Waals surface area (Å²) in [5, 5.41) is 0.738. The van der Waals surface area contributed by atoms with Gasteiger partial charge in [-0.2, -0.15) is 0 Å². The Balaban J connectivity index is 1.70. The summed E-state index contributed by atoms with van der Waals surface area (Å²) in [6, 6.07) is 15.2. The molecule has 2 aliphatic rings. The van der Waals surface area contributed by atoms with Crippen molar-refractivity contribution in [1.82, 2.24) is 0 Å². The Morgan fingerprint density at radius 2 is 1.82 bits per heavy atom. The lowest BCUT2D eigenvalue weighted by Gasteiger charge is -2.39. The van der Waals surface area contributed by atoms with Gasteiger partial charge in [0.2, 0.25) is 0 Å². The highest BCUT2D eigenvalue weighted by molar-refractivity contribution is 6.42. The number of carbonyl (C=O) groups excluding carboxylic acids is 2. The maximum absolute atomic E-state index is 13.4. The van der Waals surface area contributed by atoms with E-state index in [-0.39, 0.29) is 17.8 Å². The van der Waals surface area contributed by atoms with Crippen LogP contribution in [0.4, 0.5) is 0 Å².